The second-order valence-corrected chi connectivity index (χ2v) is 8.16. The number of hydrogen-bond donors (Lipinski definition) is 1. The normalized spacial score (nSPS) is 24.9. The number of hydrogen-bond acceptors (Lipinski definition) is 4. The molecule has 2 aliphatic carbocycles. The molecule has 2 fully saturated rings. The van der Waals surface area contributed by atoms with E-state index in [4.69, 9.17) is 16.3 Å². The van der Waals surface area contributed by atoms with E-state index in [-0.39, 0.29) is 23.5 Å². The van der Waals surface area contributed by atoms with Gasteiger partial charge in [-0.1, -0.05) is 54.1 Å². The number of nitrogens with one attached hydrogen (secondary N) is 1. The summed E-state index contributed by atoms with van der Waals surface area (Å²) in [6.07, 6.45) is 2.76. The largest absolute Gasteiger partial charge is 0.455 e. The van der Waals surface area contributed by atoms with Gasteiger partial charge in [0.25, 0.3) is 5.91 Å². The van der Waals surface area contributed by atoms with Crippen molar-refractivity contribution >= 4 is 34.9 Å². The van der Waals surface area contributed by atoms with E-state index in [2.05, 4.69) is 5.32 Å². The summed E-state index contributed by atoms with van der Waals surface area (Å²) in [4.78, 5) is 38.1. The summed E-state index contributed by atoms with van der Waals surface area (Å²) >= 11 is 6.03. The molecule has 4 rings (SSSR count). The maximum atomic E-state index is 13.1. The molecule has 150 valence electrons. The molecular formula is C23H22ClNO4. The summed E-state index contributed by atoms with van der Waals surface area (Å²) < 4.78 is 5.32. The Bertz CT molecular complexity index is 929. The number of ketones is 1. The van der Waals surface area contributed by atoms with E-state index in [1.54, 1.807) is 36.4 Å². The molecule has 0 saturated heterocycles. The zero-order chi connectivity index (χ0) is 20.4. The minimum absolute atomic E-state index is 0.000249. The van der Waals surface area contributed by atoms with E-state index in [0.29, 0.717) is 16.3 Å². The average Bonchev–Trinajstić information content (AvgIpc) is 3.35. The summed E-state index contributed by atoms with van der Waals surface area (Å²) in [5.41, 5.74) is 1.09. The van der Waals surface area contributed by atoms with Crippen LogP contribution in [-0.2, 0) is 14.3 Å². The van der Waals surface area contributed by atoms with Gasteiger partial charge >= 0.3 is 5.97 Å². The topological polar surface area (TPSA) is 72.5 Å². The van der Waals surface area contributed by atoms with Crippen LogP contribution in [0, 0.1) is 23.7 Å². The number of fused-ring (bicyclic) bond motifs is 2. The van der Waals surface area contributed by atoms with Crippen LogP contribution in [0.25, 0.3) is 0 Å². The first kappa shape index (κ1) is 19.6. The highest BCUT2D eigenvalue weighted by Crippen LogP contribution is 2.53. The molecule has 4 atom stereocenters. The number of carbonyl (C=O) groups excluding carboxylic acids is 3. The van der Waals surface area contributed by atoms with Crippen molar-refractivity contribution in [3.8, 4) is 0 Å². The quantitative estimate of drug-likeness (QED) is 0.566. The number of Topliss-reactive ketones (excluding diaryl/α,β-unsaturated/α-hetero) is 1. The fraction of sp³-hybridized carbons (Fsp3) is 0.348. The summed E-state index contributed by atoms with van der Waals surface area (Å²) in [7, 11) is 0. The van der Waals surface area contributed by atoms with E-state index in [1.165, 1.54) is 0 Å². The zero-order valence-electron chi connectivity index (χ0n) is 15.8. The third-order valence-corrected chi connectivity index (χ3v) is 6.37. The lowest BCUT2D eigenvalue weighted by Crippen LogP contribution is -2.37. The summed E-state index contributed by atoms with van der Waals surface area (Å²) in [5.74, 6) is -1.40. The Morgan fingerprint density at radius 3 is 2.31 bits per heavy atom. The van der Waals surface area contributed by atoms with Crippen LogP contribution in [0.15, 0.2) is 54.6 Å². The van der Waals surface area contributed by atoms with Gasteiger partial charge in [0.1, 0.15) is 0 Å². The number of rotatable bonds is 6. The smallest absolute Gasteiger partial charge is 0.310 e. The van der Waals surface area contributed by atoms with Crippen LogP contribution < -0.4 is 5.32 Å². The van der Waals surface area contributed by atoms with Gasteiger partial charge in [-0.2, -0.15) is 0 Å². The van der Waals surface area contributed by atoms with Crippen LogP contribution in [0.4, 0.5) is 5.69 Å². The lowest BCUT2D eigenvalue weighted by molar-refractivity contribution is -0.154. The van der Waals surface area contributed by atoms with Crippen LogP contribution in [0.5, 0.6) is 0 Å². The highest BCUT2D eigenvalue weighted by molar-refractivity contribution is 6.33. The van der Waals surface area contributed by atoms with Crippen LogP contribution in [0.1, 0.15) is 29.6 Å². The lowest BCUT2D eigenvalue weighted by atomic mass is 9.75. The molecule has 1 amide bonds. The van der Waals surface area contributed by atoms with Gasteiger partial charge in [0, 0.05) is 11.5 Å². The Balaban J connectivity index is 1.41. The number of amides is 1. The average molecular weight is 412 g/mol. The van der Waals surface area contributed by atoms with E-state index in [9.17, 15) is 14.4 Å². The highest BCUT2D eigenvalue weighted by Gasteiger charge is 2.54. The summed E-state index contributed by atoms with van der Waals surface area (Å²) in [6.45, 7) is -0.399. The van der Waals surface area contributed by atoms with Crippen LogP contribution in [0.3, 0.4) is 0 Å². The van der Waals surface area contributed by atoms with Gasteiger partial charge in [-0.25, -0.2) is 0 Å². The minimum Gasteiger partial charge on any atom is -0.455 e. The molecule has 0 aromatic heterocycles. The fourth-order valence-electron chi connectivity index (χ4n) is 4.78. The number of ether oxygens (including phenoxy) is 1. The predicted octanol–water partition coefficient (Wildman–Crippen LogP) is 4.37. The van der Waals surface area contributed by atoms with Gasteiger partial charge in [-0.15, -0.1) is 0 Å². The van der Waals surface area contributed by atoms with Gasteiger partial charge in [0.05, 0.1) is 16.6 Å². The van der Waals surface area contributed by atoms with Gasteiger partial charge in [-0.05, 0) is 43.2 Å². The van der Waals surface area contributed by atoms with E-state index in [1.807, 2.05) is 18.2 Å². The Morgan fingerprint density at radius 2 is 1.59 bits per heavy atom. The van der Waals surface area contributed by atoms with Crippen molar-refractivity contribution in [1.29, 1.82) is 0 Å². The van der Waals surface area contributed by atoms with Crippen molar-refractivity contribution < 1.29 is 19.1 Å². The molecule has 2 bridgehead atoms. The van der Waals surface area contributed by atoms with E-state index >= 15 is 0 Å². The molecule has 5 nitrogen and oxygen atoms in total. The molecule has 0 unspecified atom stereocenters. The van der Waals surface area contributed by atoms with E-state index < -0.39 is 24.4 Å². The first-order valence-electron chi connectivity index (χ1n) is 9.85. The van der Waals surface area contributed by atoms with Crippen molar-refractivity contribution in [2.75, 3.05) is 11.9 Å². The van der Waals surface area contributed by atoms with Crippen LogP contribution in [0.2, 0.25) is 5.02 Å². The van der Waals surface area contributed by atoms with Crippen molar-refractivity contribution in [1.82, 2.24) is 0 Å². The molecule has 0 spiro atoms. The van der Waals surface area contributed by atoms with Crippen LogP contribution in [-0.4, -0.2) is 24.3 Å². The molecule has 2 saturated carbocycles. The third-order valence-electron chi connectivity index (χ3n) is 6.04. The SMILES string of the molecule is O=C(COC(=O)[C@H]1[C@H]2CC[C@H](C2)[C@@H]1C(=O)c1ccccc1)Nc1ccccc1Cl. The van der Waals surface area contributed by atoms with Gasteiger partial charge in [0.2, 0.25) is 0 Å². The number of halogens is 1. The molecule has 6 heteroatoms. The number of esters is 1. The Labute approximate surface area is 174 Å². The lowest BCUT2D eigenvalue weighted by Gasteiger charge is -2.28. The Hall–Kier alpha value is -2.66. The monoisotopic (exact) mass is 411 g/mol. The van der Waals surface area contributed by atoms with Crippen molar-refractivity contribution in [2.45, 2.75) is 19.3 Å². The summed E-state index contributed by atoms with van der Waals surface area (Å²) in [6, 6.07) is 15.9. The molecule has 0 radical (unpaired) electrons. The Morgan fingerprint density at radius 1 is 0.931 bits per heavy atom. The van der Waals surface area contributed by atoms with Crippen LogP contribution >= 0.6 is 11.6 Å². The van der Waals surface area contributed by atoms with Crippen molar-refractivity contribution in [3.05, 3.63) is 65.2 Å². The molecular weight excluding hydrogens is 390 g/mol. The number of carbonyl (C=O) groups is 3. The first-order chi connectivity index (χ1) is 14.0. The second-order valence-electron chi connectivity index (χ2n) is 7.75. The highest BCUT2D eigenvalue weighted by atomic mass is 35.5. The van der Waals surface area contributed by atoms with Gasteiger partial charge in [-0.3, -0.25) is 14.4 Å². The Kier molecular flexibility index (Phi) is 5.67. The number of para-hydroxylation sites is 1. The molecule has 1 N–H and O–H groups in total. The number of anilines is 1. The number of benzene rings is 2. The standard InChI is InChI=1S/C23H22ClNO4/c24-17-8-4-5-9-18(17)25-19(26)13-29-23(28)21-16-11-10-15(12-16)20(21)22(27)14-6-2-1-3-7-14/h1-9,15-16,20-21H,10-13H2,(H,25,26)/t15-,16+,20+,21+/m1/s1. The molecule has 29 heavy (non-hydrogen) atoms. The van der Waals surface area contributed by atoms with Crippen molar-refractivity contribution in [2.24, 2.45) is 23.7 Å². The molecule has 0 aliphatic heterocycles. The molecule has 2 aliphatic rings. The third kappa shape index (κ3) is 4.06. The molecule has 2 aromatic rings. The molecule has 2 aromatic carbocycles. The van der Waals surface area contributed by atoms with Crippen molar-refractivity contribution in [3.63, 3.8) is 0 Å². The first-order valence-corrected chi connectivity index (χ1v) is 10.2. The fourth-order valence-corrected chi connectivity index (χ4v) is 4.97. The minimum atomic E-state index is -0.477. The van der Waals surface area contributed by atoms with Gasteiger partial charge < -0.3 is 10.1 Å². The zero-order valence-corrected chi connectivity index (χ0v) is 16.6. The van der Waals surface area contributed by atoms with Gasteiger partial charge in [0.15, 0.2) is 12.4 Å². The molecule has 0 heterocycles. The maximum Gasteiger partial charge on any atom is 0.310 e. The maximum absolute atomic E-state index is 13.1. The summed E-state index contributed by atoms with van der Waals surface area (Å²) in [5, 5.41) is 3.05. The predicted molar refractivity (Wildman–Crippen MR) is 110 cm³/mol. The second kappa shape index (κ2) is 8.37. The van der Waals surface area contributed by atoms with E-state index in [0.717, 1.165) is 19.3 Å².